The zero-order valence-electron chi connectivity index (χ0n) is 16.5. The third-order valence-electron chi connectivity index (χ3n) is 5.98. The number of ether oxygens (including phenoxy) is 3. The maximum Gasteiger partial charge on any atom is 0.222 e. The van der Waals surface area contributed by atoms with Crippen molar-refractivity contribution in [1.82, 2.24) is 4.90 Å². The van der Waals surface area contributed by atoms with Crippen molar-refractivity contribution < 1.29 is 19.0 Å². The second-order valence-electron chi connectivity index (χ2n) is 7.47. The van der Waals surface area contributed by atoms with E-state index in [1.165, 1.54) is 16.7 Å². The average Bonchev–Trinajstić information content (AvgIpc) is 3.25. The molecule has 1 fully saturated rings. The molecule has 0 N–H and O–H groups in total. The summed E-state index contributed by atoms with van der Waals surface area (Å²) in [7, 11) is 3.33. The Kier molecular flexibility index (Phi) is 5.60. The van der Waals surface area contributed by atoms with Crippen molar-refractivity contribution in [3.63, 3.8) is 0 Å². The number of rotatable bonds is 5. The molecule has 1 spiro atoms. The van der Waals surface area contributed by atoms with Crippen LogP contribution in [-0.4, -0.2) is 44.7 Å². The van der Waals surface area contributed by atoms with Crippen molar-refractivity contribution in [2.45, 2.75) is 37.7 Å². The summed E-state index contributed by atoms with van der Waals surface area (Å²) in [6.07, 6.45) is 3.91. The fourth-order valence-corrected chi connectivity index (χ4v) is 5.06. The summed E-state index contributed by atoms with van der Waals surface area (Å²) in [5.41, 5.74) is 3.39. The number of thiophene rings is 1. The van der Waals surface area contributed by atoms with Crippen molar-refractivity contribution >= 4 is 17.2 Å². The number of carbonyl (C=O) groups excluding carboxylic acids is 1. The van der Waals surface area contributed by atoms with Gasteiger partial charge in [0.25, 0.3) is 0 Å². The van der Waals surface area contributed by atoms with Crippen molar-refractivity contribution in [3.8, 4) is 11.5 Å². The molecule has 0 radical (unpaired) electrons. The molecule has 3 heterocycles. The Balaban J connectivity index is 1.46. The molecule has 6 heteroatoms. The second kappa shape index (κ2) is 8.13. The molecule has 0 saturated carbocycles. The van der Waals surface area contributed by atoms with E-state index in [1.54, 1.807) is 25.6 Å². The molecule has 4 rings (SSSR count). The lowest BCUT2D eigenvalue weighted by Gasteiger charge is -2.45. The Morgan fingerprint density at radius 1 is 1.21 bits per heavy atom. The lowest BCUT2D eigenvalue weighted by molar-refractivity contribution is -0.140. The molecular weight excluding hydrogens is 374 g/mol. The van der Waals surface area contributed by atoms with E-state index in [0.717, 1.165) is 50.3 Å². The lowest BCUT2D eigenvalue weighted by atomic mass is 9.79. The van der Waals surface area contributed by atoms with E-state index in [4.69, 9.17) is 14.2 Å². The van der Waals surface area contributed by atoms with Crippen LogP contribution in [0.3, 0.4) is 0 Å². The van der Waals surface area contributed by atoms with Gasteiger partial charge in [0, 0.05) is 19.5 Å². The number of likely N-dealkylation sites (tertiary alicyclic amines) is 1. The Labute approximate surface area is 170 Å². The largest absolute Gasteiger partial charge is 0.493 e. The first-order chi connectivity index (χ1) is 13.6. The molecule has 28 heavy (non-hydrogen) atoms. The van der Waals surface area contributed by atoms with Gasteiger partial charge in [-0.3, -0.25) is 4.79 Å². The van der Waals surface area contributed by atoms with Crippen molar-refractivity contribution in [2.24, 2.45) is 0 Å². The van der Waals surface area contributed by atoms with Crippen LogP contribution in [0.4, 0.5) is 0 Å². The molecule has 5 nitrogen and oxygen atoms in total. The molecule has 2 aromatic rings. The number of nitrogens with zero attached hydrogens (tertiary/aromatic N) is 1. The highest BCUT2D eigenvalue weighted by atomic mass is 32.1. The van der Waals surface area contributed by atoms with Gasteiger partial charge in [-0.15, -0.1) is 0 Å². The van der Waals surface area contributed by atoms with Crippen LogP contribution in [-0.2, 0) is 28.0 Å². The average molecular weight is 402 g/mol. The van der Waals surface area contributed by atoms with Gasteiger partial charge in [0.05, 0.1) is 26.4 Å². The summed E-state index contributed by atoms with van der Waals surface area (Å²) in [5, 5.41) is 4.18. The lowest BCUT2D eigenvalue weighted by Crippen LogP contribution is -2.48. The maximum atomic E-state index is 12.6. The van der Waals surface area contributed by atoms with Gasteiger partial charge in [0.2, 0.25) is 5.91 Å². The topological polar surface area (TPSA) is 48.0 Å². The van der Waals surface area contributed by atoms with E-state index in [2.05, 4.69) is 29.0 Å². The van der Waals surface area contributed by atoms with E-state index in [-0.39, 0.29) is 11.5 Å². The van der Waals surface area contributed by atoms with Crippen molar-refractivity contribution in [3.05, 3.63) is 45.6 Å². The minimum atomic E-state index is -0.322. The second-order valence-corrected chi connectivity index (χ2v) is 8.25. The molecule has 150 valence electrons. The molecule has 2 aliphatic heterocycles. The van der Waals surface area contributed by atoms with Crippen LogP contribution in [0.25, 0.3) is 0 Å². The number of carbonyl (C=O) groups is 1. The van der Waals surface area contributed by atoms with E-state index in [9.17, 15) is 4.79 Å². The summed E-state index contributed by atoms with van der Waals surface area (Å²) in [6, 6.07) is 6.25. The molecule has 0 aliphatic carbocycles. The van der Waals surface area contributed by atoms with Crippen LogP contribution in [0, 0.1) is 0 Å². The van der Waals surface area contributed by atoms with Crippen LogP contribution >= 0.6 is 11.3 Å². The molecule has 1 aromatic heterocycles. The van der Waals surface area contributed by atoms with Crippen molar-refractivity contribution in [1.29, 1.82) is 0 Å². The summed E-state index contributed by atoms with van der Waals surface area (Å²) < 4.78 is 17.3. The van der Waals surface area contributed by atoms with Gasteiger partial charge in [0.1, 0.15) is 0 Å². The summed E-state index contributed by atoms with van der Waals surface area (Å²) in [4.78, 5) is 14.6. The summed E-state index contributed by atoms with van der Waals surface area (Å²) in [6.45, 7) is 2.17. The monoisotopic (exact) mass is 401 g/mol. The predicted molar refractivity (Wildman–Crippen MR) is 109 cm³/mol. The third kappa shape index (κ3) is 3.63. The fourth-order valence-electron chi connectivity index (χ4n) is 4.36. The van der Waals surface area contributed by atoms with Crippen LogP contribution in [0.5, 0.6) is 11.5 Å². The van der Waals surface area contributed by atoms with Gasteiger partial charge >= 0.3 is 0 Å². The molecule has 0 atom stereocenters. The molecule has 0 bridgehead atoms. The third-order valence-corrected chi connectivity index (χ3v) is 6.71. The molecule has 1 aromatic carbocycles. The zero-order chi connectivity index (χ0) is 19.6. The number of methoxy groups -OCH3 is 2. The van der Waals surface area contributed by atoms with Gasteiger partial charge in [-0.2, -0.15) is 11.3 Å². The quantitative estimate of drug-likeness (QED) is 0.765. The Morgan fingerprint density at radius 3 is 2.64 bits per heavy atom. The summed E-state index contributed by atoms with van der Waals surface area (Å²) in [5.74, 6) is 1.74. The molecule has 0 unspecified atom stereocenters. The highest BCUT2D eigenvalue weighted by molar-refractivity contribution is 7.07. The van der Waals surface area contributed by atoms with Crippen LogP contribution in [0.1, 0.15) is 36.0 Å². The fraction of sp³-hybridized carbons (Fsp3) is 0.500. The van der Waals surface area contributed by atoms with E-state index >= 15 is 0 Å². The SMILES string of the molecule is COc1cc2c(cc1OC)C1(CCN(C(=O)CCc3ccsc3)CC1)OCC2. The number of benzene rings is 1. The standard InChI is InChI=1S/C22H27NO4S/c1-25-19-13-17-5-11-27-22(18(17)14-20(19)26-2)7-9-23(10-8-22)21(24)4-3-16-6-12-28-15-16/h6,12-15H,3-5,7-11H2,1-2H3. The van der Waals surface area contributed by atoms with Gasteiger partial charge in [0.15, 0.2) is 11.5 Å². The Hall–Kier alpha value is -2.05. The first-order valence-corrected chi connectivity index (χ1v) is 10.8. The Bertz CT molecular complexity index is 825. The van der Waals surface area contributed by atoms with E-state index in [0.29, 0.717) is 13.0 Å². The number of fused-ring (bicyclic) bond motifs is 2. The maximum absolute atomic E-state index is 12.6. The number of piperidine rings is 1. The van der Waals surface area contributed by atoms with Gasteiger partial charge in [-0.1, -0.05) is 0 Å². The Morgan fingerprint density at radius 2 is 1.96 bits per heavy atom. The van der Waals surface area contributed by atoms with Crippen LogP contribution < -0.4 is 9.47 Å². The summed E-state index contributed by atoms with van der Waals surface area (Å²) >= 11 is 1.68. The number of aryl methyl sites for hydroxylation is 1. The molecule has 1 saturated heterocycles. The number of amides is 1. The van der Waals surface area contributed by atoms with Crippen LogP contribution in [0.2, 0.25) is 0 Å². The van der Waals surface area contributed by atoms with Gasteiger partial charge in [-0.05, 0) is 71.3 Å². The first kappa shape index (κ1) is 19.3. The van der Waals surface area contributed by atoms with Gasteiger partial charge < -0.3 is 19.1 Å². The van der Waals surface area contributed by atoms with E-state index in [1.807, 2.05) is 4.90 Å². The van der Waals surface area contributed by atoms with E-state index < -0.39 is 0 Å². The normalized spacial score (nSPS) is 18.0. The molecular formula is C22H27NO4S. The predicted octanol–water partition coefficient (Wildman–Crippen LogP) is 3.79. The highest BCUT2D eigenvalue weighted by Gasteiger charge is 2.42. The highest BCUT2D eigenvalue weighted by Crippen LogP contribution is 2.45. The number of hydrogen-bond donors (Lipinski definition) is 0. The zero-order valence-corrected chi connectivity index (χ0v) is 17.3. The van der Waals surface area contributed by atoms with Crippen LogP contribution in [0.15, 0.2) is 29.0 Å². The minimum Gasteiger partial charge on any atom is -0.493 e. The molecule has 2 aliphatic rings. The molecule has 1 amide bonds. The number of hydrogen-bond acceptors (Lipinski definition) is 5. The minimum absolute atomic E-state index is 0.240. The van der Waals surface area contributed by atoms with Gasteiger partial charge in [-0.25, -0.2) is 0 Å². The van der Waals surface area contributed by atoms with Crippen molar-refractivity contribution in [2.75, 3.05) is 33.9 Å². The smallest absolute Gasteiger partial charge is 0.222 e. The first-order valence-electron chi connectivity index (χ1n) is 9.83.